The molecule has 1 saturated heterocycles. The number of carboxylic acids is 1. The van der Waals surface area contributed by atoms with Gasteiger partial charge in [0.1, 0.15) is 0 Å². The lowest BCUT2D eigenvalue weighted by Gasteiger charge is -2.33. The summed E-state index contributed by atoms with van der Waals surface area (Å²) in [5, 5.41) is 8.68. The van der Waals surface area contributed by atoms with E-state index >= 15 is 0 Å². The van der Waals surface area contributed by atoms with Gasteiger partial charge >= 0.3 is 5.97 Å². The number of hydrogen-bond acceptors (Lipinski definition) is 5. The minimum Gasteiger partial charge on any atom is -0.481 e. The maximum absolute atomic E-state index is 12.7. The van der Waals surface area contributed by atoms with Gasteiger partial charge in [-0.1, -0.05) is 0 Å². The van der Waals surface area contributed by atoms with Gasteiger partial charge in [0.25, 0.3) is 5.91 Å². The number of amides is 2. The van der Waals surface area contributed by atoms with Crippen molar-refractivity contribution in [2.24, 2.45) is 0 Å². The fourth-order valence-corrected chi connectivity index (χ4v) is 4.17. The molecule has 1 aliphatic heterocycles. The van der Waals surface area contributed by atoms with E-state index < -0.39 is 16.0 Å². The Bertz CT molecular complexity index is 814. The highest BCUT2D eigenvalue weighted by molar-refractivity contribution is 7.89. The molecule has 0 atom stereocenters. The highest BCUT2D eigenvalue weighted by Crippen LogP contribution is 2.19. The number of benzene rings is 1. The van der Waals surface area contributed by atoms with Gasteiger partial charge in [0.05, 0.1) is 11.3 Å². The van der Waals surface area contributed by atoms with E-state index in [9.17, 15) is 22.8 Å². The standard InChI is InChI=1S/C17H23N3O6S/c1-13(21)19-9-11-20(12-10-19)27(25,26)15-5-3-14(4-6-15)17(24)18(2)8-7-16(22)23/h3-6H,7-12H2,1-2H3,(H,22,23). The Labute approximate surface area is 158 Å². The fourth-order valence-electron chi connectivity index (χ4n) is 2.75. The second kappa shape index (κ2) is 8.49. The van der Waals surface area contributed by atoms with Crippen LogP contribution in [0.4, 0.5) is 0 Å². The van der Waals surface area contributed by atoms with Crippen molar-refractivity contribution >= 4 is 27.8 Å². The minimum atomic E-state index is -3.70. The van der Waals surface area contributed by atoms with Crippen LogP contribution in [0.25, 0.3) is 0 Å². The average Bonchev–Trinajstić information content (AvgIpc) is 2.65. The molecule has 1 aromatic rings. The van der Waals surface area contributed by atoms with E-state index in [1.807, 2.05) is 0 Å². The van der Waals surface area contributed by atoms with Gasteiger partial charge in [-0.15, -0.1) is 0 Å². The zero-order valence-corrected chi connectivity index (χ0v) is 16.1. The molecule has 1 aromatic carbocycles. The number of carbonyl (C=O) groups is 3. The quantitative estimate of drug-likeness (QED) is 0.727. The molecule has 0 radical (unpaired) electrons. The third kappa shape index (κ3) is 5.04. The van der Waals surface area contributed by atoms with E-state index in [0.29, 0.717) is 13.1 Å². The van der Waals surface area contributed by atoms with Crippen LogP contribution in [0.15, 0.2) is 29.2 Å². The van der Waals surface area contributed by atoms with E-state index in [4.69, 9.17) is 5.11 Å². The maximum atomic E-state index is 12.7. The van der Waals surface area contributed by atoms with Gasteiger partial charge in [-0.25, -0.2) is 8.42 Å². The summed E-state index contributed by atoms with van der Waals surface area (Å²) in [6.45, 7) is 2.65. The smallest absolute Gasteiger partial charge is 0.305 e. The Morgan fingerprint density at radius 2 is 1.63 bits per heavy atom. The maximum Gasteiger partial charge on any atom is 0.305 e. The number of nitrogens with zero attached hydrogens (tertiary/aromatic N) is 3. The van der Waals surface area contributed by atoms with Gasteiger partial charge in [0, 0.05) is 52.3 Å². The highest BCUT2D eigenvalue weighted by atomic mass is 32.2. The summed E-state index contributed by atoms with van der Waals surface area (Å²) in [7, 11) is -2.21. The zero-order valence-electron chi connectivity index (χ0n) is 15.3. The third-order valence-corrected chi connectivity index (χ3v) is 6.34. The minimum absolute atomic E-state index is 0.0641. The molecule has 9 nitrogen and oxygen atoms in total. The summed E-state index contributed by atoms with van der Waals surface area (Å²) in [5.74, 6) is -1.46. The van der Waals surface area contributed by atoms with Crippen molar-refractivity contribution in [3.63, 3.8) is 0 Å². The Morgan fingerprint density at radius 1 is 1.07 bits per heavy atom. The van der Waals surface area contributed by atoms with Crippen LogP contribution in [0, 0.1) is 0 Å². The molecule has 1 heterocycles. The van der Waals surface area contributed by atoms with Gasteiger partial charge in [0.2, 0.25) is 15.9 Å². The average molecular weight is 397 g/mol. The van der Waals surface area contributed by atoms with Crippen LogP contribution in [-0.4, -0.2) is 85.2 Å². The van der Waals surface area contributed by atoms with E-state index in [-0.39, 0.29) is 48.3 Å². The number of carboxylic acid groups (broad SMARTS) is 1. The van der Waals surface area contributed by atoms with E-state index in [1.54, 1.807) is 4.90 Å². The van der Waals surface area contributed by atoms with Gasteiger partial charge in [-0.2, -0.15) is 4.31 Å². The largest absolute Gasteiger partial charge is 0.481 e. The first-order chi connectivity index (χ1) is 12.6. The Balaban J connectivity index is 2.06. The molecule has 27 heavy (non-hydrogen) atoms. The molecule has 0 spiro atoms. The molecule has 148 valence electrons. The number of piperazine rings is 1. The van der Waals surface area contributed by atoms with Crippen molar-refractivity contribution in [2.45, 2.75) is 18.2 Å². The highest BCUT2D eigenvalue weighted by Gasteiger charge is 2.29. The van der Waals surface area contributed by atoms with Crippen LogP contribution >= 0.6 is 0 Å². The SMILES string of the molecule is CC(=O)N1CCN(S(=O)(=O)c2ccc(C(=O)N(C)CCC(=O)O)cc2)CC1. The van der Waals surface area contributed by atoms with Crippen molar-refractivity contribution < 1.29 is 27.9 Å². The van der Waals surface area contributed by atoms with Crippen LogP contribution in [0.1, 0.15) is 23.7 Å². The molecule has 2 rings (SSSR count). The van der Waals surface area contributed by atoms with Gasteiger partial charge < -0.3 is 14.9 Å². The number of aliphatic carboxylic acids is 1. The molecule has 0 aliphatic carbocycles. The predicted octanol–water partition coefficient (Wildman–Crippen LogP) is 0.0861. The normalized spacial score (nSPS) is 15.4. The summed E-state index contributed by atoms with van der Waals surface area (Å²) >= 11 is 0. The Kier molecular flexibility index (Phi) is 6.55. The van der Waals surface area contributed by atoms with Crippen molar-refractivity contribution in [1.29, 1.82) is 0 Å². The van der Waals surface area contributed by atoms with Gasteiger partial charge in [-0.3, -0.25) is 14.4 Å². The van der Waals surface area contributed by atoms with Gasteiger partial charge in [0.15, 0.2) is 0 Å². The molecular weight excluding hydrogens is 374 g/mol. The summed E-state index contributed by atoms with van der Waals surface area (Å²) in [6.07, 6.45) is -0.166. The second-order valence-corrected chi connectivity index (χ2v) is 8.24. The van der Waals surface area contributed by atoms with E-state index in [2.05, 4.69) is 0 Å². The van der Waals surface area contributed by atoms with Crippen LogP contribution in [-0.2, 0) is 19.6 Å². The molecule has 10 heteroatoms. The van der Waals surface area contributed by atoms with Crippen molar-refractivity contribution in [1.82, 2.24) is 14.1 Å². The van der Waals surface area contributed by atoms with Crippen LogP contribution in [0.2, 0.25) is 0 Å². The van der Waals surface area contributed by atoms with Crippen LogP contribution < -0.4 is 0 Å². The molecule has 1 N–H and O–H groups in total. The third-order valence-electron chi connectivity index (χ3n) is 4.43. The van der Waals surface area contributed by atoms with Crippen molar-refractivity contribution in [2.75, 3.05) is 39.8 Å². The molecule has 0 bridgehead atoms. The number of carbonyl (C=O) groups excluding carboxylic acids is 2. The van der Waals surface area contributed by atoms with Crippen LogP contribution in [0.3, 0.4) is 0 Å². The number of hydrogen-bond donors (Lipinski definition) is 1. The number of rotatable bonds is 6. The van der Waals surface area contributed by atoms with Crippen molar-refractivity contribution in [3.8, 4) is 0 Å². The first-order valence-electron chi connectivity index (χ1n) is 8.46. The zero-order chi connectivity index (χ0) is 20.2. The monoisotopic (exact) mass is 397 g/mol. The summed E-state index contributed by atoms with van der Waals surface area (Å²) in [4.78, 5) is 37.2. The molecular formula is C17H23N3O6S. The summed E-state index contributed by atoms with van der Waals surface area (Å²) in [5.41, 5.74) is 0.281. The molecule has 0 unspecified atom stereocenters. The lowest BCUT2D eigenvalue weighted by atomic mass is 10.2. The van der Waals surface area contributed by atoms with Crippen LogP contribution in [0.5, 0.6) is 0 Å². The predicted molar refractivity (Wildman–Crippen MR) is 96.7 cm³/mol. The topological polar surface area (TPSA) is 115 Å². The second-order valence-electron chi connectivity index (χ2n) is 6.30. The first kappa shape index (κ1) is 20.8. The fraction of sp³-hybridized carbons (Fsp3) is 0.471. The molecule has 1 aliphatic rings. The first-order valence-corrected chi connectivity index (χ1v) is 9.90. The molecule has 1 fully saturated rings. The molecule has 2 amide bonds. The number of sulfonamides is 1. The van der Waals surface area contributed by atoms with E-state index in [0.717, 1.165) is 0 Å². The Hall–Kier alpha value is -2.46. The van der Waals surface area contributed by atoms with Gasteiger partial charge in [-0.05, 0) is 24.3 Å². The van der Waals surface area contributed by atoms with E-state index in [1.165, 1.54) is 47.4 Å². The summed E-state index contributed by atoms with van der Waals surface area (Å²) in [6, 6.07) is 5.56. The Morgan fingerprint density at radius 3 is 2.11 bits per heavy atom. The summed E-state index contributed by atoms with van der Waals surface area (Å²) < 4.78 is 26.8. The lowest BCUT2D eigenvalue weighted by Crippen LogP contribution is -2.49. The lowest BCUT2D eigenvalue weighted by molar-refractivity contribution is -0.137. The molecule has 0 saturated carbocycles. The van der Waals surface area contributed by atoms with Crippen molar-refractivity contribution in [3.05, 3.63) is 29.8 Å². The molecule has 0 aromatic heterocycles.